The second-order valence-electron chi connectivity index (χ2n) is 8.16. The molecule has 3 rings (SSSR count). The first-order chi connectivity index (χ1) is 18.2. The number of nitrogens with zero attached hydrogens (tertiary/aromatic N) is 1. The van der Waals surface area contributed by atoms with E-state index < -0.39 is 28.3 Å². The van der Waals surface area contributed by atoms with Crippen LogP contribution in [-0.2, 0) is 21.2 Å². The molecule has 0 atom stereocenters. The first-order valence-electron chi connectivity index (χ1n) is 11.9. The highest BCUT2D eigenvalue weighted by atomic mass is 35.5. The summed E-state index contributed by atoms with van der Waals surface area (Å²) in [4.78, 5) is 12.7. The van der Waals surface area contributed by atoms with Gasteiger partial charge in [0, 0.05) is 12.6 Å². The molecule has 0 aromatic heterocycles. The van der Waals surface area contributed by atoms with Gasteiger partial charge in [-0.2, -0.15) is 0 Å². The Balaban J connectivity index is 1.75. The van der Waals surface area contributed by atoms with Gasteiger partial charge in [0.25, 0.3) is 10.0 Å². The second kappa shape index (κ2) is 13.3. The fourth-order valence-corrected chi connectivity index (χ4v) is 5.29. The fourth-order valence-electron chi connectivity index (χ4n) is 3.69. The van der Waals surface area contributed by atoms with Crippen LogP contribution in [0.1, 0.15) is 18.9 Å². The highest BCUT2D eigenvalue weighted by Crippen LogP contribution is 2.33. The molecule has 0 saturated heterocycles. The van der Waals surface area contributed by atoms with E-state index in [1.165, 1.54) is 38.5 Å². The number of hydrogen-bond donors (Lipinski definition) is 1. The molecule has 0 heterocycles. The number of sulfonamides is 1. The molecule has 0 bridgehead atoms. The van der Waals surface area contributed by atoms with Crippen molar-refractivity contribution in [3.63, 3.8) is 0 Å². The molecule has 0 unspecified atom stereocenters. The van der Waals surface area contributed by atoms with Gasteiger partial charge >= 0.3 is 0 Å². The lowest BCUT2D eigenvalue weighted by molar-refractivity contribution is -0.119. The van der Waals surface area contributed by atoms with Crippen molar-refractivity contribution >= 4 is 33.2 Å². The first kappa shape index (κ1) is 29.1. The van der Waals surface area contributed by atoms with Gasteiger partial charge in [-0.25, -0.2) is 12.8 Å². The van der Waals surface area contributed by atoms with Crippen LogP contribution in [0.2, 0.25) is 5.02 Å². The van der Waals surface area contributed by atoms with Crippen molar-refractivity contribution < 1.29 is 31.8 Å². The Morgan fingerprint density at radius 1 is 1.00 bits per heavy atom. The molecule has 0 saturated carbocycles. The van der Waals surface area contributed by atoms with Gasteiger partial charge in [-0.1, -0.05) is 23.7 Å². The Hall–Kier alpha value is -3.50. The minimum atomic E-state index is -4.27. The third-order valence-electron chi connectivity index (χ3n) is 5.62. The largest absolute Gasteiger partial charge is 0.494 e. The lowest BCUT2D eigenvalue weighted by Gasteiger charge is -2.25. The van der Waals surface area contributed by atoms with Crippen molar-refractivity contribution in [3.8, 4) is 17.2 Å². The predicted molar refractivity (Wildman–Crippen MR) is 144 cm³/mol. The summed E-state index contributed by atoms with van der Waals surface area (Å²) >= 11 is 5.92. The van der Waals surface area contributed by atoms with Crippen LogP contribution < -0.4 is 23.8 Å². The minimum absolute atomic E-state index is 0.0377. The zero-order chi connectivity index (χ0) is 27.7. The van der Waals surface area contributed by atoms with Crippen molar-refractivity contribution in [2.45, 2.75) is 24.7 Å². The van der Waals surface area contributed by atoms with Crippen LogP contribution in [0.5, 0.6) is 17.2 Å². The number of anilines is 1. The summed E-state index contributed by atoms with van der Waals surface area (Å²) in [5.41, 5.74) is 1.12. The average Bonchev–Trinajstić information content (AvgIpc) is 2.92. The van der Waals surface area contributed by atoms with Gasteiger partial charge in [0.1, 0.15) is 18.1 Å². The van der Waals surface area contributed by atoms with E-state index >= 15 is 0 Å². The number of carbonyl (C=O) groups excluding carboxylic acids is 1. The molecule has 0 spiro atoms. The van der Waals surface area contributed by atoms with E-state index in [0.29, 0.717) is 31.7 Å². The Morgan fingerprint density at radius 2 is 1.71 bits per heavy atom. The number of amides is 1. The van der Waals surface area contributed by atoms with Crippen LogP contribution in [0.15, 0.2) is 65.6 Å². The lowest BCUT2D eigenvalue weighted by Crippen LogP contribution is -2.41. The Morgan fingerprint density at radius 3 is 2.34 bits per heavy atom. The molecule has 8 nitrogen and oxygen atoms in total. The summed E-state index contributed by atoms with van der Waals surface area (Å²) in [7, 11) is -1.46. The maximum Gasteiger partial charge on any atom is 0.264 e. The number of methoxy groups -OCH3 is 2. The number of nitrogens with one attached hydrogen (secondary N) is 1. The monoisotopic (exact) mass is 564 g/mol. The maximum absolute atomic E-state index is 13.8. The van der Waals surface area contributed by atoms with E-state index in [-0.39, 0.29) is 21.4 Å². The SMILES string of the molecule is CCOc1ccc(CCCNC(=O)CN(c2ccc(F)c(Cl)c2)S(=O)(=O)c2ccc(OC)c(OC)c2)cc1. The zero-order valence-corrected chi connectivity index (χ0v) is 22.9. The van der Waals surface area contributed by atoms with E-state index in [4.69, 9.17) is 25.8 Å². The first-order valence-corrected chi connectivity index (χ1v) is 13.7. The zero-order valence-electron chi connectivity index (χ0n) is 21.4. The molecule has 0 radical (unpaired) electrons. The van der Waals surface area contributed by atoms with Gasteiger partial charge in [0.2, 0.25) is 5.91 Å². The number of aryl methyl sites for hydroxylation is 1. The van der Waals surface area contributed by atoms with Gasteiger partial charge in [-0.05, 0) is 67.8 Å². The summed E-state index contributed by atoms with van der Waals surface area (Å²) in [6.45, 7) is 2.30. The summed E-state index contributed by atoms with van der Waals surface area (Å²) in [6, 6.07) is 15.2. The van der Waals surface area contributed by atoms with E-state index in [0.717, 1.165) is 27.8 Å². The number of halogens is 2. The molecular formula is C27H30ClFN2O6S. The molecule has 38 heavy (non-hydrogen) atoms. The van der Waals surface area contributed by atoms with Crippen LogP contribution in [0.3, 0.4) is 0 Å². The molecular weight excluding hydrogens is 535 g/mol. The Labute approximate surface area is 227 Å². The van der Waals surface area contributed by atoms with Gasteiger partial charge in [0.05, 0.1) is 36.4 Å². The van der Waals surface area contributed by atoms with E-state index in [9.17, 15) is 17.6 Å². The molecule has 204 valence electrons. The van der Waals surface area contributed by atoms with Crippen LogP contribution in [0.25, 0.3) is 0 Å². The van der Waals surface area contributed by atoms with Crippen molar-refractivity contribution in [2.75, 3.05) is 38.2 Å². The molecule has 0 aliphatic rings. The topological polar surface area (TPSA) is 94.2 Å². The molecule has 11 heteroatoms. The summed E-state index contributed by atoms with van der Waals surface area (Å²) < 4.78 is 57.8. The predicted octanol–water partition coefficient (Wildman–Crippen LogP) is 4.84. The average molecular weight is 565 g/mol. The van der Waals surface area contributed by atoms with Gasteiger partial charge in [0.15, 0.2) is 11.5 Å². The second-order valence-corrected chi connectivity index (χ2v) is 10.4. The normalized spacial score (nSPS) is 11.1. The quantitative estimate of drug-likeness (QED) is 0.299. The maximum atomic E-state index is 13.8. The third-order valence-corrected chi connectivity index (χ3v) is 7.68. The number of benzene rings is 3. The van der Waals surface area contributed by atoms with Crippen LogP contribution >= 0.6 is 11.6 Å². The number of rotatable bonds is 13. The standard InChI is InChI=1S/C27H30ClFN2O6S/c1-4-37-21-10-7-19(8-11-21)6-5-15-30-27(32)18-31(20-9-13-24(29)23(28)16-20)38(33,34)22-12-14-25(35-2)26(17-22)36-3/h7-14,16-17H,4-6,15,18H2,1-3H3,(H,30,32). The van der Waals surface area contributed by atoms with E-state index in [1.807, 2.05) is 31.2 Å². The molecule has 1 amide bonds. The lowest BCUT2D eigenvalue weighted by atomic mass is 10.1. The van der Waals surface area contributed by atoms with Crippen molar-refractivity contribution in [1.29, 1.82) is 0 Å². The highest BCUT2D eigenvalue weighted by Gasteiger charge is 2.29. The molecule has 1 N–H and O–H groups in total. The van der Waals surface area contributed by atoms with Crippen molar-refractivity contribution in [2.24, 2.45) is 0 Å². The smallest absolute Gasteiger partial charge is 0.264 e. The van der Waals surface area contributed by atoms with Gasteiger partial charge in [-0.15, -0.1) is 0 Å². The molecule has 0 aliphatic heterocycles. The number of hydrogen-bond acceptors (Lipinski definition) is 6. The Bertz CT molecular complexity index is 1350. The number of carbonyl (C=O) groups is 1. The van der Waals surface area contributed by atoms with Gasteiger partial charge in [-0.3, -0.25) is 9.10 Å². The highest BCUT2D eigenvalue weighted by molar-refractivity contribution is 7.92. The Kier molecular flexibility index (Phi) is 10.2. The molecule has 3 aromatic rings. The minimum Gasteiger partial charge on any atom is -0.494 e. The molecule has 3 aromatic carbocycles. The van der Waals surface area contributed by atoms with E-state index in [1.54, 1.807) is 0 Å². The molecule has 0 fully saturated rings. The van der Waals surface area contributed by atoms with Crippen molar-refractivity contribution in [3.05, 3.63) is 77.1 Å². The number of ether oxygens (including phenoxy) is 3. The summed E-state index contributed by atoms with van der Waals surface area (Å²) in [5.74, 6) is 0.0950. The van der Waals surface area contributed by atoms with Crippen LogP contribution in [0.4, 0.5) is 10.1 Å². The van der Waals surface area contributed by atoms with Crippen molar-refractivity contribution in [1.82, 2.24) is 5.32 Å². The van der Waals surface area contributed by atoms with Crippen LogP contribution in [0, 0.1) is 5.82 Å². The summed E-state index contributed by atoms with van der Waals surface area (Å²) in [6.07, 6.45) is 1.36. The van der Waals surface area contributed by atoms with Crippen LogP contribution in [-0.4, -0.2) is 48.2 Å². The third kappa shape index (κ3) is 7.29. The fraction of sp³-hybridized carbons (Fsp3) is 0.296. The molecule has 0 aliphatic carbocycles. The summed E-state index contributed by atoms with van der Waals surface area (Å²) in [5, 5.41) is 2.48. The van der Waals surface area contributed by atoms with Gasteiger partial charge < -0.3 is 19.5 Å². The van der Waals surface area contributed by atoms with E-state index in [2.05, 4.69) is 5.32 Å².